The topological polar surface area (TPSA) is 79.7 Å². The molecule has 1 aliphatic rings. The number of hydrogen-bond donors (Lipinski definition) is 1. The molecule has 23 heavy (non-hydrogen) atoms. The van der Waals surface area contributed by atoms with Gasteiger partial charge in [0.15, 0.2) is 0 Å². The molecule has 1 atom stereocenters. The molecule has 0 spiro atoms. The molecule has 0 aromatic carbocycles. The lowest BCUT2D eigenvalue weighted by molar-refractivity contribution is 0.798. The molecule has 0 amide bonds. The van der Waals surface area contributed by atoms with E-state index in [1.54, 1.807) is 25.0 Å². The van der Waals surface area contributed by atoms with Crippen molar-refractivity contribution in [3.05, 3.63) is 42.9 Å². The molecule has 0 aliphatic carbocycles. The van der Waals surface area contributed by atoms with Crippen LogP contribution < -0.4 is 10.2 Å². The summed E-state index contributed by atoms with van der Waals surface area (Å²) in [5, 5.41) is 4.52. The molecule has 7 heteroatoms. The quantitative estimate of drug-likeness (QED) is 0.790. The first-order chi connectivity index (χ1) is 11.3. The highest BCUT2D eigenvalue weighted by atomic mass is 15.2. The fourth-order valence-corrected chi connectivity index (χ4v) is 2.96. The minimum Gasteiger partial charge on any atom is -0.365 e. The Morgan fingerprint density at radius 1 is 1.17 bits per heavy atom. The first kappa shape index (κ1) is 13.8. The Hall–Kier alpha value is -2.83. The zero-order chi connectivity index (χ0) is 15.6. The monoisotopic (exact) mass is 307 g/mol. The fourth-order valence-electron chi connectivity index (χ4n) is 2.96. The molecule has 7 nitrogen and oxygen atoms in total. The van der Waals surface area contributed by atoms with Crippen LogP contribution in [-0.2, 0) is 0 Å². The van der Waals surface area contributed by atoms with Gasteiger partial charge in [-0.2, -0.15) is 0 Å². The SMILES string of the molecule is Cc1cc(NC2CCN(c3ncnc4cnccc34)C2)ncn1. The second-order valence-corrected chi connectivity index (χ2v) is 5.71. The highest BCUT2D eigenvalue weighted by molar-refractivity contribution is 5.88. The van der Waals surface area contributed by atoms with Gasteiger partial charge in [-0.15, -0.1) is 0 Å². The maximum absolute atomic E-state index is 4.48. The summed E-state index contributed by atoms with van der Waals surface area (Å²) in [6.45, 7) is 3.81. The summed E-state index contributed by atoms with van der Waals surface area (Å²) in [6, 6.07) is 4.28. The van der Waals surface area contributed by atoms with Gasteiger partial charge in [-0.25, -0.2) is 19.9 Å². The van der Waals surface area contributed by atoms with Crippen molar-refractivity contribution in [3.63, 3.8) is 0 Å². The Balaban J connectivity index is 1.53. The van der Waals surface area contributed by atoms with Gasteiger partial charge in [-0.1, -0.05) is 0 Å². The van der Waals surface area contributed by atoms with Crippen LogP contribution in [0.4, 0.5) is 11.6 Å². The Kier molecular flexibility index (Phi) is 3.45. The number of fused-ring (bicyclic) bond motifs is 1. The Morgan fingerprint density at radius 3 is 3.00 bits per heavy atom. The maximum atomic E-state index is 4.48. The van der Waals surface area contributed by atoms with Crippen molar-refractivity contribution < 1.29 is 0 Å². The molecule has 3 aromatic rings. The molecule has 1 N–H and O–H groups in total. The zero-order valence-electron chi connectivity index (χ0n) is 12.8. The van der Waals surface area contributed by atoms with Crippen molar-refractivity contribution >= 4 is 22.5 Å². The van der Waals surface area contributed by atoms with Gasteiger partial charge in [-0.3, -0.25) is 4.98 Å². The first-order valence-corrected chi connectivity index (χ1v) is 7.64. The Morgan fingerprint density at radius 2 is 2.09 bits per heavy atom. The molecule has 0 bridgehead atoms. The molecule has 4 heterocycles. The van der Waals surface area contributed by atoms with E-state index in [2.05, 4.69) is 35.1 Å². The summed E-state index contributed by atoms with van der Waals surface area (Å²) in [5.74, 6) is 1.85. The second-order valence-electron chi connectivity index (χ2n) is 5.71. The molecule has 1 saturated heterocycles. The number of hydrogen-bond acceptors (Lipinski definition) is 7. The molecule has 1 fully saturated rings. The minimum atomic E-state index is 0.344. The van der Waals surface area contributed by atoms with E-state index < -0.39 is 0 Å². The van der Waals surface area contributed by atoms with Crippen LogP contribution in [0.3, 0.4) is 0 Å². The molecular formula is C16H17N7. The van der Waals surface area contributed by atoms with Crippen LogP contribution in [0.15, 0.2) is 37.2 Å². The average molecular weight is 307 g/mol. The van der Waals surface area contributed by atoms with E-state index in [1.807, 2.05) is 19.1 Å². The third-order valence-corrected chi connectivity index (χ3v) is 4.06. The summed E-state index contributed by atoms with van der Waals surface area (Å²) in [5.41, 5.74) is 1.84. The normalized spacial score (nSPS) is 17.6. The minimum absolute atomic E-state index is 0.344. The maximum Gasteiger partial charge on any atom is 0.140 e. The van der Waals surface area contributed by atoms with Crippen LogP contribution in [0, 0.1) is 6.92 Å². The number of pyridine rings is 1. The summed E-state index contributed by atoms with van der Waals surface area (Å²) in [6.07, 6.45) is 7.80. The average Bonchev–Trinajstić information content (AvgIpc) is 3.02. The van der Waals surface area contributed by atoms with Gasteiger partial charge in [-0.05, 0) is 19.4 Å². The van der Waals surface area contributed by atoms with Crippen LogP contribution in [0.1, 0.15) is 12.1 Å². The van der Waals surface area contributed by atoms with E-state index in [9.17, 15) is 0 Å². The molecule has 4 rings (SSSR count). The van der Waals surface area contributed by atoms with E-state index in [0.29, 0.717) is 6.04 Å². The van der Waals surface area contributed by atoms with Crippen molar-refractivity contribution in [1.82, 2.24) is 24.9 Å². The standard InChI is InChI=1S/C16H17N7/c1-11-6-15(20-9-18-11)22-12-3-5-23(8-12)16-13-2-4-17-7-14(13)19-10-21-16/h2,4,6-7,9-10,12H,3,5,8H2,1H3,(H,18,20,22). The summed E-state index contributed by atoms with van der Waals surface area (Å²) in [4.78, 5) is 23.6. The number of aryl methyl sites for hydroxylation is 1. The van der Waals surface area contributed by atoms with Crippen LogP contribution in [0.25, 0.3) is 10.9 Å². The van der Waals surface area contributed by atoms with Gasteiger partial charge in [0.25, 0.3) is 0 Å². The van der Waals surface area contributed by atoms with Crippen molar-refractivity contribution in [2.45, 2.75) is 19.4 Å². The number of nitrogens with zero attached hydrogens (tertiary/aromatic N) is 6. The summed E-state index contributed by atoms with van der Waals surface area (Å²) in [7, 11) is 0. The Labute approximate surface area is 133 Å². The highest BCUT2D eigenvalue weighted by Crippen LogP contribution is 2.26. The summed E-state index contributed by atoms with van der Waals surface area (Å²) < 4.78 is 0. The van der Waals surface area contributed by atoms with Crippen LogP contribution in [-0.4, -0.2) is 44.1 Å². The van der Waals surface area contributed by atoms with Gasteiger partial charge >= 0.3 is 0 Å². The Bertz CT molecular complexity index is 830. The number of anilines is 2. The van der Waals surface area contributed by atoms with Crippen LogP contribution in [0.5, 0.6) is 0 Å². The first-order valence-electron chi connectivity index (χ1n) is 7.64. The molecule has 0 saturated carbocycles. The number of aromatic nitrogens is 5. The lowest BCUT2D eigenvalue weighted by Crippen LogP contribution is -2.27. The zero-order valence-corrected chi connectivity index (χ0v) is 12.8. The van der Waals surface area contributed by atoms with E-state index >= 15 is 0 Å². The van der Waals surface area contributed by atoms with Gasteiger partial charge in [0.2, 0.25) is 0 Å². The fraction of sp³-hybridized carbons (Fsp3) is 0.312. The van der Waals surface area contributed by atoms with Crippen molar-refractivity contribution in [1.29, 1.82) is 0 Å². The van der Waals surface area contributed by atoms with Gasteiger partial charge in [0, 0.05) is 42.5 Å². The van der Waals surface area contributed by atoms with Gasteiger partial charge < -0.3 is 10.2 Å². The third kappa shape index (κ3) is 2.77. The number of nitrogens with one attached hydrogen (secondary N) is 1. The van der Waals surface area contributed by atoms with Crippen molar-refractivity contribution in [2.75, 3.05) is 23.3 Å². The molecule has 0 radical (unpaired) electrons. The van der Waals surface area contributed by atoms with E-state index in [-0.39, 0.29) is 0 Å². The molecule has 116 valence electrons. The van der Waals surface area contributed by atoms with Crippen LogP contribution in [0.2, 0.25) is 0 Å². The second kappa shape index (κ2) is 5.75. The third-order valence-electron chi connectivity index (χ3n) is 4.06. The number of rotatable bonds is 3. The van der Waals surface area contributed by atoms with Crippen LogP contribution >= 0.6 is 0 Å². The predicted molar refractivity (Wildman–Crippen MR) is 88.3 cm³/mol. The molecule has 3 aromatic heterocycles. The highest BCUT2D eigenvalue weighted by Gasteiger charge is 2.25. The largest absolute Gasteiger partial charge is 0.365 e. The van der Waals surface area contributed by atoms with Gasteiger partial charge in [0.05, 0.1) is 11.7 Å². The van der Waals surface area contributed by atoms with E-state index in [4.69, 9.17) is 0 Å². The van der Waals surface area contributed by atoms with E-state index in [1.165, 1.54) is 0 Å². The van der Waals surface area contributed by atoms with E-state index in [0.717, 1.165) is 47.7 Å². The molecule has 1 unspecified atom stereocenters. The van der Waals surface area contributed by atoms with Crippen molar-refractivity contribution in [3.8, 4) is 0 Å². The summed E-state index contributed by atoms with van der Waals surface area (Å²) >= 11 is 0. The van der Waals surface area contributed by atoms with Crippen molar-refractivity contribution in [2.24, 2.45) is 0 Å². The smallest absolute Gasteiger partial charge is 0.140 e. The predicted octanol–water partition coefficient (Wildman–Crippen LogP) is 1.81. The molecular weight excluding hydrogens is 290 g/mol. The van der Waals surface area contributed by atoms with Gasteiger partial charge in [0.1, 0.15) is 24.3 Å². The lowest BCUT2D eigenvalue weighted by Gasteiger charge is -2.19. The molecule has 1 aliphatic heterocycles. The lowest BCUT2D eigenvalue weighted by atomic mass is 10.2.